The molecule has 0 atom stereocenters. The van der Waals surface area contributed by atoms with Crippen LogP contribution in [0, 0.1) is 12.8 Å². The summed E-state index contributed by atoms with van der Waals surface area (Å²) in [6, 6.07) is 0. The molecule has 0 aliphatic heterocycles. The van der Waals surface area contributed by atoms with Crippen LogP contribution < -0.4 is 10.6 Å². The van der Waals surface area contributed by atoms with Crippen LogP contribution in [-0.4, -0.2) is 29.0 Å². The second-order valence-corrected chi connectivity index (χ2v) is 6.07. The maximum Gasteiger partial charge on any atom is 0.221 e. The quantitative estimate of drug-likeness (QED) is 0.858. The fourth-order valence-corrected chi connectivity index (χ4v) is 2.76. The number of fused-ring (bicyclic) bond motifs is 1. The molecule has 0 spiro atoms. The van der Waals surface area contributed by atoms with E-state index in [1.54, 1.807) is 17.7 Å². The van der Waals surface area contributed by atoms with E-state index in [9.17, 15) is 4.79 Å². The summed E-state index contributed by atoms with van der Waals surface area (Å²) in [7, 11) is 0. The summed E-state index contributed by atoms with van der Waals surface area (Å²) in [6.45, 7) is 7.49. The van der Waals surface area contributed by atoms with Crippen molar-refractivity contribution in [2.45, 2.75) is 27.2 Å². The summed E-state index contributed by atoms with van der Waals surface area (Å²) < 4.78 is 1.05. The highest BCUT2D eigenvalue weighted by atomic mass is 32.1. The number of thiophene rings is 1. The molecule has 0 saturated carbocycles. The topological polar surface area (TPSA) is 66.9 Å². The molecule has 2 aromatic rings. The van der Waals surface area contributed by atoms with Crippen LogP contribution in [0.3, 0.4) is 0 Å². The molecule has 0 radical (unpaired) electrons. The van der Waals surface area contributed by atoms with Crippen molar-refractivity contribution in [1.82, 2.24) is 15.3 Å². The SMILES string of the molecule is Cc1csc2c(NCCC(=O)NCC(C)C)ncnc12. The Kier molecular flexibility index (Phi) is 4.89. The van der Waals surface area contributed by atoms with Gasteiger partial charge in [0.05, 0.1) is 10.2 Å². The first-order valence-corrected chi connectivity index (χ1v) is 7.65. The Morgan fingerprint density at radius 2 is 2.20 bits per heavy atom. The Balaban J connectivity index is 1.88. The predicted octanol–water partition coefficient (Wildman–Crippen LogP) is 2.57. The standard InChI is InChI=1S/C14H20N4OS/c1-9(2)6-16-11(19)4-5-15-14-13-12(17-8-18-14)10(3)7-20-13/h7-9H,4-6H2,1-3H3,(H,16,19)(H,15,17,18). The molecule has 20 heavy (non-hydrogen) atoms. The van der Waals surface area contributed by atoms with E-state index in [4.69, 9.17) is 0 Å². The Hall–Kier alpha value is -1.69. The average molecular weight is 292 g/mol. The molecule has 0 bridgehead atoms. The molecule has 108 valence electrons. The van der Waals surface area contributed by atoms with Crippen molar-refractivity contribution < 1.29 is 4.79 Å². The van der Waals surface area contributed by atoms with E-state index in [0.717, 1.165) is 28.1 Å². The third kappa shape index (κ3) is 3.66. The first kappa shape index (κ1) is 14.7. The number of nitrogens with zero attached hydrogens (tertiary/aromatic N) is 2. The summed E-state index contributed by atoms with van der Waals surface area (Å²) in [4.78, 5) is 20.1. The monoisotopic (exact) mass is 292 g/mol. The number of carbonyl (C=O) groups excluding carboxylic acids is 1. The summed E-state index contributed by atoms with van der Waals surface area (Å²) in [5.74, 6) is 1.35. The Labute approximate surface area is 122 Å². The number of amides is 1. The largest absolute Gasteiger partial charge is 0.368 e. The fourth-order valence-electron chi connectivity index (χ4n) is 1.80. The van der Waals surface area contributed by atoms with Crippen LogP contribution >= 0.6 is 11.3 Å². The van der Waals surface area contributed by atoms with Crippen LogP contribution in [0.25, 0.3) is 10.2 Å². The Morgan fingerprint density at radius 1 is 1.40 bits per heavy atom. The third-order valence-electron chi connectivity index (χ3n) is 2.88. The molecule has 1 amide bonds. The van der Waals surface area contributed by atoms with Crippen molar-refractivity contribution in [3.05, 3.63) is 17.3 Å². The molecule has 6 heteroatoms. The van der Waals surface area contributed by atoms with E-state index in [2.05, 4.69) is 39.8 Å². The van der Waals surface area contributed by atoms with Crippen molar-refractivity contribution in [3.8, 4) is 0 Å². The third-order valence-corrected chi connectivity index (χ3v) is 3.98. The summed E-state index contributed by atoms with van der Waals surface area (Å²) in [6.07, 6.45) is 2.01. The van der Waals surface area contributed by atoms with E-state index >= 15 is 0 Å². The molecule has 0 fully saturated rings. The van der Waals surface area contributed by atoms with Crippen molar-refractivity contribution in [2.24, 2.45) is 5.92 Å². The molecule has 0 unspecified atom stereocenters. The van der Waals surface area contributed by atoms with Gasteiger partial charge in [0, 0.05) is 19.5 Å². The lowest BCUT2D eigenvalue weighted by atomic mass is 10.2. The van der Waals surface area contributed by atoms with E-state index in [0.29, 0.717) is 18.9 Å². The van der Waals surface area contributed by atoms with Gasteiger partial charge in [0.2, 0.25) is 5.91 Å². The lowest BCUT2D eigenvalue weighted by Gasteiger charge is -2.09. The molecule has 0 aliphatic rings. The van der Waals surface area contributed by atoms with Crippen LogP contribution in [0.15, 0.2) is 11.7 Å². The van der Waals surface area contributed by atoms with Gasteiger partial charge in [-0.2, -0.15) is 0 Å². The van der Waals surface area contributed by atoms with Gasteiger partial charge < -0.3 is 10.6 Å². The highest BCUT2D eigenvalue weighted by Gasteiger charge is 2.08. The smallest absolute Gasteiger partial charge is 0.221 e. The molecule has 0 aromatic carbocycles. The van der Waals surface area contributed by atoms with E-state index in [1.807, 2.05) is 6.92 Å². The Morgan fingerprint density at radius 3 is 2.95 bits per heavy atom. The van der Waals surface area contributed by atoms with Crippen molar-refractivity contribution in [1.29, 1.82) is 0 Å². The van der Waals surface area contributed by atoms with Crippen LogP contribution in [0.1, 0.15) is 25.8 Å². The van der Waals surface area contributed by atoms with Crippen LogP contribution in [0.2, 0.25) is 0 Å². The number of aryl methyl sites for hydroxylation is 1. The minimum atomic E-state index is 0.0684. The van der Waals surface area contributed by atoms with Gasteiger partial charge in [-0.3, -0.25) is 4.79 Å². The summed E-state index contributed by atoms with van der Waals surface area (Å²) >= 11 is 1.63. The van der Waals surface area contributed by atoms with Gasteiger partial charge in [-0.1, -0.05) is 13.8 Å². The number of rotatable bonds is 6. The highest BCUT2D eigenvalue weighted by molar-refractivity contribution is 7.18. The number of hydrogen-bond acceptors (Lipinski definition) is 5. The highest BCUT2D eigenvalue weighted by Crippen LogP contribution is 2.28. The van der Waals surface area contributed by atoms with Gasteiger partial charge in [0.25, 0.3) is 0 Å². The van der Waals surface area contributed by atoms with E-state index < -0.39 is 0 Å². The number of carbonyl (C=O) groups is 1. The van der Waals surface area contributed by atoms with Crippen molar-refractivity contribution in [2.75, 3.05) is 18.4 Å². The normalized spacial score (nSPS) is 11.0. The lowest BCUT2D eigenvalue weighted by molar-refractivity contribution is -0.120. The van der Waals surface area contributed by atoms with Gasteiger partial charge in [-0.15, -0.1) is 11.3 Å². The molecule has 2 heterocycles. The second-order valence-electron chi connectivity index (χ2n) is 5.19. The molecule has 5 nitrogen and oxygen atoms in total. The van der Waals surface area contributed by atoms with Gasteiger partial charge in [-0.25, -0.2) is 9.97 Å². The van der Waals surface area contributed by atoms with Crippen molar-refractivity contribution >= 4 is 33.3 Å². The van der Waals surface area contributed by atoms with Gasteiger partial charge in [-0.05, 0) is 23.8 Å². The molecule has 0 saturated heterocycles. The summed E-state index contributed by atoms with van der Waals surface area (Å²) in [5.41, 5.74) is 2.14. The molecule has 2 aromatic heterocycles. The number of nitrogens with one attached hydrogen (secondary N) is 2. The molecular formula is C14H20N4OS. The van der Waals surface area contributed by atoms with Crippen molar-refractivity contribution in [3.63, 3.8) is 0 Å². The van der Waals surface area contributed by atoms with Crippen LogP contribution in [-0.2, 0) is 4.79 Å². The lowest BCUT2D eigenvalue weighted by Crippen LogP contribution is -2.28. The molecule has 2 rings (SSSR count). The second kappa shape index (κ2) is 6.65. The van der Waals surface area contributed by atoms with Crippen LogP contribution in [0.5, 0.6) is 0 Å². The zero-order valence-electron chi connectivity index (χ0n) is 12.1. The Bertz CT molecular complexity index is 594. The van der Waals surface area contributed by atoms with Gasteiger partial charge >= 0.3 is 0 Å². The van der Waals surface area contributed by atoms with E-state index in [-0.39, 0.29) is 5.91 Å². The number of anilines is 1. The van der Waals surface area contributed by atoms with Crippen LogP contribution in [0.4, 0.5) is 5.82 Å². The first-order valence-electron chi connectivity index (χ1n) is 6.77. The fraction of sp³-hybridized carbons (Fsp3) is 0.500. The zero-order valence-corrected chi connectivity index (χ0v) is 12.9. The minimum Gasteiger partial charge on any atom is -0.368 e. The average Bonchev–Trinajstić information content (AvgIpc) is 2.79. The molecule has 0 aliphatic carbocycles. The maximum absolute atomic E-state index is 11.6. The number of aromatic nitrogens is 2. The van der Waals surface area contributed by atoms with Gasteiger partial charge in [0.15, 0.2) is 0 Å². The first-order chi connectivity index (χ1) is 9.58. The zero-order chi connectivity index (χ0) is 14.5. The van der Waals surface area contributed by atoms with E-state index in [1.165, 1.54) is 0 Å². The summed E-state index contributed by atoms with van der Waals surface area (Å²) in [5, 5.41) is 8.19. The maximum atomic E-state index is 11.6. The van der Waals surface area contributed by atoms with Gasteiger partial charge in [0.1, 0.15) is 12.1 Å². The molecule has 2 N–H and O–H groups in total. The number of hydrogen-bond donors (Lipinski definition) is 2. The predicted molar refractivity (Wildman–Crippen MR) is 83.1 cm³/mol. The molecular weight excluding hydrogens is 272 g/mol. The minimum absolute atomic E-state index is 0.0684.